The fourth-order valence-corrected chi connectivity index (χ4v) is 0. The molecule has 0 saturated heterocycles. The predicted octanol–water partition coefficient (Wildman–Crippen LogP) is -5.83. The van der Waals surface area contributed by atoms with Crippen LogP contribution in [0.1, 0.15) is 0 Å². The third-order valence-electron chi connectivity index (χ3n) is 0. The Balaban J connectivity index is -0.00000000500. The van der Waals surface area contributed by atoms with Crippen LogP contribution in [0.3, 0.4) is 0 Å². The van der Waals surface area contributed by atoms with Gasteiger partial charge in [0, 0.05) is 0 Å². The van der Waals surface area contributed by atoms with Crippen LogP contribution >= 0.6 is 0 Å². The van der Waals surface area contributed by atoms with Crippen LogP contribution in [0.5, 0.6) is 0 Å². The van der Waals surface area contributed by atoms with Crippen molar-refractivity contribution in [2.24, 2.45) is 0 Å². The van der Waals surface area contributed by atoms with Crippen LogP contribution in [0, 0.1) is 12.8 Å². The van der Waals surface area contributed by atoms with Crippen LogP contribution in [-0.2, 0) is 0 Å². The maximum Gasteiger partial charge on any atom is 1.00 e. The van der Waals surface area contributed by atoms with Crippen LogP contribution in [0.4, 0.5) is 0 Å². The SMILES string of the molecule is [C-]#[C-].[K+].[K+]. The zero-order valence-corrected chi connectivity index (χ0v) is 9.25. The van der Waals surface area contributed by atoms with Crippen LogP contribution in [0.25, 0.3) is 0 Å². The molecular weight excluding hydrogens is 102 g/mol. The Morgan fingerprint density at radius 3 is 0.750 bits per heavy atom. The van der Waals surface area contributed by atoms with E-state index in [4.69, 9.17) is 12.8 Å². The van der Waals surface area contributed by atoms with Crippen molar-refractivity contribution in [3.8, 4) is 0 Å². The summed E-state index contributed by atoms with van der Waals surface area (Å²) in [5.41, 5.74) is 0. The molecule has 4 heavy (non-hydrogen) atoms. The smallest absolute Gasteiger partial charge is 1.00 e. The van der Waals surface area contributed by atoms with Crippen LogP contribution < -0.4 is 103 Å². The Bertz CT molecular complexity index is 8.75. The Morgan fingerprint density at radius 1 is 0.750 bits per heavy atom. The first-order valence-corrected chi connectivity index (χ1v) is 0.250. The second-order valence-corrected chi connectivity index (χ2v) is 0. The van der Waals surface area contributed by atoms with Gasteiger partial charge in [0.05, 0.1) is 0 Å². The Hall–Kier alpha value is 2.83. The molecule has 0 aromatic carbocycles. The van der Waals surface area contributed by atoms with E-state index in [2.05, 4.69) is 0 Å². The molecule has 10 valence electrons. The second kappa shape index (κ2) is 17.0. The molecule has 0 N–H and O–H groups in total. The monoisotopic (exact) mass is 102 g/mol. The molecule has 0 unspecified atom stereocenters. The Labute approximate surface area is 112 Å². The van der Waals surface area contributed by atoms with E-state index in [-0.39, 0.29) is 103 Å². The van der Waals surface area contributed by atoms with Gasteiger partial charge in [-0.15, -0.1) is 0 Å². The first-order chi connectivity index (χ1) is 1.00. The normalized spacial score (nSPS) is 0.500. The molecule has 0 rings (SSSR count). The quantitative estimate of drug-likeness (QED) is 0.162. The maximum atomic E-state index is 5.00. The molecule has 0 aromatic heterocycles. The van der Waals surface area contributed by atoms with Gasteiger partial charge in [0.2, 0.25) is 0 Å². The number of hydrogen-bond acceptors (Lipinski definition) is 0. The molecule has 0 radical (unpaired) electrons. The standard InChI is InChI=1S/C2.2K/c1-2;;/q-2;2*+1. The molecule has 2 heteroatoms. The molecule has 0 spiro atoms. The summed E-state index contributed by atoms with van der Waals surface area (Å²) in [5, 5.41) is 0. The van der Waals surface area contributed by atoms with E-state index in [0.717, 1.165) is 0 Å². The molecule has 0 nitrogen and oxygen atoms in total. The summed E-state index contributed by atoms with van der Waals surface area (Å²) in [4.78, 5) is 0. The van der Waals surface area contributed by atoms with Gasteiger partial charge < -0.3 is 12.8 Å². The van der Waals surface area contributed by atoms with Crippen LogP contribution in [-0.4, -0.2) is 0 Å². The van der Waals surface area contributed by atoms with Crippen molar-refractivity contribution >= 4 is 0 Å². The molecule has 0 heterocycles. The van der Waals surface area contributed by atoms with Gasteiger partial charge in [-0.1, -0.05) is 0 Å². The topological polar surface area (TPSA) is 0 Å². The first kappa shape index (κ1) is 15.8. The third kappa shape index (κ3) is 8.85. The summed E-state index contributed by atoms with van der Waals surface area (Å²) >= 11 is 0. The fraction of sp³-hybridized carbons (Fsp3) is 0. The second-order valence-electron chi connectivity index (χ2n) is 0. The molecule has 0 bridgehead atoms. The summed E-state index contributed by atoms with van der Waals surface area (Å²) in [5.74, 6) is 0. The summed E-state index contributed by atoms with van der Waals surface area (Å²) in [6, 6.07) is 0. The molecule has 0 amide bonds. The Morgan fingerprint density at radius 2 is 0.750 bits per heavy atom. The van der Waals surface area contributed by atoms with Crippen LogP contribution in [0.15, 0.2) is 0 Å². The minimum absolute atomic E-state index is 0. The van der Waals surface area contributed by atoms with Gasteiger partial charge in [-0.05, 0) is 0 Å². The van der Waals surface area contributed by atoms with Crippen molar-refractivity contribution in [2.45, 2.75) is 0 Å². The summed E-state index contributed by atoms with van der Waals surface area (Å²) in [7, 11) is 0. The number of hydrogen-bond donors (Lipinski definition) is 0. The molecule has 0 aromatic rings. The minimum Gasteiger partial charge on any atom is -1.00 e. The van der Waals surface area contributed by atoms with Gasteiger partial charge >= 0.3 is 103 Å². The van der Waals surface area contributed by atoms with E-state index in [0.29, 0.717) is 0 Å². The van der Waals surface area contributed by atoms with Crippen molar-refractivity contribution in [3.05, 3.63) is 12.8 Å². The average molecular weight is 102 g/mol. The van der Waals surface area contributed by atoms with E-state index < -0.39 is 0 Å². The van der Waals surface area contributed by atoms with Crippen molar-refractivity contribution in [1.82, 2.24) is 0 Å². The van der Waals surface area contributed by atoms with Gasteiger partial charge in [-0.2, -0.15) is 0 Å². The molecular formula is C2K2. The third-order valence-corrected chi connectivity index (χ3v) is 0. The van der Waals surface area contributed by atoms with E-state index in [9.17, 15) is 0 Å². The minimum atomic E-state index is 0. The zero-order chi connectivity index (χ0) is 2.00. The molecule has 0 atom stereocenters. The van der Waals surface area contributed by atoms with Gasteiger partial charge in [-0.3, -0.25) is 0 Å². The van der Waals surface area contributed by atoms with Gasteiger partial charge in [0.15, 0.2) is 0 Å². The number of rotatable bonds is 0. The predicted molar refractivity (Wildman–Crippen MR) is 6.49 cm³/mol. The first-order valence-electron chi connectivity index (χ1n) is 0.250. The largest absolute Gasteiger partial charge is 1.00 e. The van der Waals surface area contributed by atoms with Crippen molar-refractivity contribution in [2.75, 3.05) is 0 Å². The van der Waals surface area contributed by atoms with Crippen LogP contribution in [0.2, 0.25) is 0 Å². The van der Waals surface area contributed by atoms with E-state index in [1.807, 2.05) is 0 Å². The molecule has 0 aliphatic rings. The van der Waals surface area contributed by atoms with Gasteiger partial charge in [0.1, 0.15) is 0 Å². The fourth-order valence-electron chi connectivity index (χ4n) is 0. The van der Waals surface area contributed by atoms with Gasteiger partial charge in [0.25, 0.3) is 0 Å². The summed E-state index contributed by atoms with van der Waals surface area (Å²) in [6.07, 6.45) is 10.0. The van der Waals surface area contributed by atoms with Crippen molar-refractivity contribution in [3.63, 3.8) is 0 Å². The van der Waals surface area contributed by atoms with Crippen molar-refractivity contribution < 1.29 is 103 Å². The maximum absolute atomic E-state index is 5.00. The van der Waals surface area contributed by atoms with Crippen molar-refractivity contribution in [1.29, 1.82) is 0 Å². The van der Waals surface area contributed by atoms with E-state index in [1.165, 1.54) is 0 Å². The Kier molecular flexibility index (Phi) is 67.2. The molecule has 0 aliphatic heterocycles. The zero-order valence-electron chi connectivity index (χ0n) is 3.00. The average Bonchev–Trinajstić information content (AvgIpc) is 1.00. The summed E-state index contributed by atoms with van der Waals surface area (Å²) in [6.45, 7) is 0. The van der Waals surface area contributed by atoms with E-state index >= 15 is 0 Å². The molecule has 0 fully saturated rings. The van der Waals surface area contributed by atoms with Gasteiger partial charge in [-0.25, -0.2) is 0 Å². The molecule has 0 aliphatic carbocycles. The molecule has 0 saturated carbocycles. The summed E-state index contributed by atoms with van der Waals surface area (Å²) < 4.78 is 0. The van der Waals surface area contributed by atoms with E-state index in [1.54, 1.807) is 0 Å².